The molecule has 0 saturated carbocycles. The van der Waals surface area contributed by atoms with Crippen molar-refractivity contribution in [3.63, 3.8) is 0 Å². The lowest BCUT2D eigenvalue weighted by Crippen LogP contribution is -3.08. The van der Waals surface area contributed by atoms with E-state index in [-0.39, 0.29) is 0 Å². The van der Waals surface area contributed by atoms with Gasteiger partial charge in [-0.2, -0.15) is 0 Å². The van der Waals surface area contributed by atoms with Crippen LogP contribution >= 0.6 is 22.7 Å². The van der Waals surface area contributed by atoms with E-state index in [4.69, 9.17) is 4.98 Å². The number of rotatable bonds is 1. The first-order valence-electron chi connectivity index (χ1n) is 7.30. The van der Waals surface area contributed by atoms with Gasteiger partial charge in [0.25, 0.3) is 0 Å². The van der Waals surface area contributed by atoms with Crippen molar-refractivity contribution in [3.8, 4) is 10.7 Å². The van der Waals surface area contributed by atoms with Crippen LogP contribution in [0.4, 0.5) is 0 Å². The zero-order chi connectivity index (χ0) is 14.7. The molecule has 22 heavy (non-hydrogen) atoms. The standard InChI is InChI=1S/C15H13N5S2/c1-19-5-4-9-11(7-19)22-15-12(9)14-17-13(10-3-2-6-21-10)18-20(14)8-16-15/h2-3,6,8H,4-5,7H2,1H3/p+1. The van der Waals surface area contributed by atoms with Gasteiger partial charge in [0.2, 0.25) is 0 Å². The molecule has 4 aromatic rings. The summed E-state index contributed by atoms with van der Waals surface area (Å²) in [7, 11) is 2.25. The Kier molecular flexibility index (Phi) is 2.64. The van der Waals surface area contributed by atoms with Crippen molar-refractivity contribution in [1.82, 2.24) is 19.6 Å². The van der Waals surface area contributed by atoms with Gasteiger partial charge in [-0.05, 0) is 17.0 Å². The number of nitrogens with one attached hydrogen (secondary N) is 1. The van der Waals surface area contributed by atoms with Gasteiger partial charge in [0.05, 0.1) is 28.7 Å². The van der Waals surface area contributed by atoms with Crippen molar-refractivity contribution in [2.45, 2.75) is 13.0 Å². The van der Waals surface area contributed by atoms with Crippen molar-refractivity contribution < 1.29 is 4.90 Å². The second-order valence-electron chi connectivity index (χ2n) is 5.74. The van der Waals surface area contributed by atoms with Gasteiger partial charge in [-0.15, -0.1) is 27.8 Å². The highest BCUT2D eigenvalue weighted by molar-refractivity contribution is 7.19. The summed E-state index contributed by atoms with van der Waals surface area (Å²) in [4.78, 5) is 14.6. The number of nitrogens with zero attached hydrogens (tertiary/aromatic N) is 4. The second-order valence-corrected chi connectivity index (χ2v) is 7.77. The molecule has 0 radical (unpaired) electrons. The molecule has 0 aromatic carbocycles. The third kappa shape index (κ3) is 1.76. The number of thiophene rings is 2. The summed E-state index contributed by atoms with van der Waals surface area (Å²) in [6.07, 6.45) is 2.89. The summed E-state index contributed by atoms with van der Waals surface area (Å²) in [5.74, 6) is 0.794. The molecule has 0 spiro atoms. The zero-order valence-electron chi connectivity index (χ0n) is 12.0. The van der Waals surface area contributed by atoms with Gasteiger partial charge in [0, 0.05) is 6.42 Å². The monoisotopic (exact) mass is 328 g/mol. The lowest BCUT2D eigenvalue weighted by atomic mass is 10.1. The van der Waals surface area contributed by atoms with Crippen molar-refractivity contribution >= 4 is 38.5 Å². The summed E-state index contributed by atoms with van der Waals surface area (Å²) in [6.45, 7) is 2.26. The highest BCUT2D eigenvalue weighted by Crippen LogP contribution is 2.34. The molecule has 7 heteroatoms. The van der Waals surface area contributed by atoms with E-state index in [1.807, 2.05) is 21.9 Å². The van der Waals surface area contributed by atoms with Crippen molar-refractivity contribution in [1.29, 1.82) is 0 Å². The molecule has 0 bridgehead atoms. The number of aromatic nitrogens is 4. The Bertz CT molecular complexity index is 983. The fourth-order valence-corrected chi connectivity index (χ4v) is 5.07. The summed E-state index contributed by atoms with van der Waals surface area (Å²) < 4.78 is 1.83. The minimum Gasteiger partial charge on any atom is -0.333 e. The third-order valence-electron chi connectivity index (χ3n) is 4.22. The van der Waals surface area contributed by atoms with Crippen molar-refractivity contribution in [2.75, 3.05) is 13.6 Å². The molecule has 0 amide bonds. The highest BCUT2D eigenvalue weighted by Gasteiger charge is 2.24. The average molecular weight is 328 g/mol. The molecule has 1 aliphatic rings. The van der Waals surface area contributed by atoms with E-state index in [1.54, 1.807) is 22.6 Å². The van der Waals surface area contributed by atoms with E-state index in [0.29, 0.717) is 0 Å². The van der Waals surface area contributed by atoms with Gasteiger partial charge >= 0.3 is 0 Å². The molecule has 0 saturated heterocycles. The maximum Gasteiger partial charge on any atom is 0.192 e. The van der Waals surface area contributed by atoms with Crippen LogP contribution in [0.15, 0.2) is 23.8 Å². The first kappa shape index (κ1) is 12.7. The van der Waals surface area contributed by atoms with Gasteiger partial charge in [-0.1, -0.05) is 6.07 Å². The van der Waals surface area contributed by atoms with Crippen LogP contribution in [0.2, 0.25) is 0 Å². The molecule has 5 heterocycles. The number of hydrogen-bond acceptors (Lipinski definition) is 5. The SMILES string of the molecule is C[NH+]1CCc2c(sc3ncn4nc(-c5cccs5)nc4c23)C1. The fourth-order valence-electron chi connectivity index (χ4n) is 3.12. The molecule has 0 aliphatic carbocycles. The summed E-state index contributed by atoms with van der Waals surface area (Å²) in [6, 6.07) is 4.09. The molecule has 4 aromatic heterocycles. The first-order valence-corrected chi connectivity index (χ1v) is 9.00. The molecule has 1 unspecified atom stereocenters. The van der Waals surface area contributed by atoms with Gasteiger partial charge in [-0.3, -0.25) is 0 Å². The van der Waals surface area contributed by atoms with Crippen LogP contribution in [0.5, 0.6) is 0 Å². The first-order chi connectivity index (χ1) is 10.8. The average Bonchev–Trinajstić information content (AvgIpc) is 3.22. The number of likely N-dealkylation sites (N-methyl/N-ethyl adjacent to an activating group) is 1. The molecule has 0 fully saturated rings. The molecule has 110 valence electrons. The van der Waals surface area contributed by atoms with Gasteiger partial charge in [0.1, 0.15) is 17.7 Å². The van der Waals surface area contributed by atoms with E-state index < -0.39 is 0 Å². The van der Waals surface area contributed by atoms with Crippen molar-refractivity contribution in [2.24, 2.45) is 0 Å². The predicted molar refractivity (Wildman–Crippen MR) is 88.6 cm³/mol. The largest absolute Gasteiger partial charge is 0.333 e. The summed E-state index contributed by atoms with van der Waals surface area (Å²) in [5.41, 5.74) is 2.39. The van der Waals surface area contributed by atoms with Gasteiger partial charge in [-0.25, -0.2) is 14.5 Å². The molecule has 1 N–H and O–H groups in total. The minimum absolute atomic E-state index is 0.794. The van der Waals surface area contributed by atoms with E-state index in [0.717, 1.165) is 34.1 Å². The van der Waals surface area contributed by atoms with Gasteiger partial charge < -0.3 is 4.90 Å². The minimum atomic E-state index is 0.794. The smallest absolute Gasteiger partial charge is 0.192 e. The third-order valence-corrected chi connectivity index (χ3v) is 6.22. The molecule has 5 nitrogen and oxygen atoms in total. The molecular formula is C15H14N5S2+. The Balaban J connectivity index is 1.80. The Labute approximate surface area is 134 Å². The number of quaternary nitrogens is 1. The zero-order valence-corrected chi connectivity index (χ0v) is 13.7. The van der Waals surface area contributed by atoms with Crippen molar-refractivity contribution in [3.05, 3.63) is 34.3 Å². The molecule has 5 rings (SSSR count). The Hall–Kier alpha value is -1.83. The molecule has 1 aliphatic heterocycles. The Morgan fingerprint density at radius 2 is 2.32 bits per heavy atom. The number of hydrogen-bond donors (Lipinski definition) is 1. The quantitative estimate of drug-likeness (QED) is 0.578. The van der Waals surface area contributed by atoms with E-state index in [1.165, 1.54) is 22.4 Å². The van der Waals surface area contributed by atoms with E-state index in [2.05, 4.69) is 28.6 Å². The Morgan fingerprint density at radius 1 is 1.36 bits per heavy atom. The lowest BCUT2D eigenvalue weighted by Gasteiger charge is -2.19. The van der Waals surface area contributed by atoms with Crippen LogP contribution in [0.25, 0.3) is 26.6 Å². The Morgan fingerprint density at radius 3 is 3.18 bits per heavy atom. The van der Waals surface area contributed by atoms with Crippen LogP contribution in [0.1, 0.15) is 10.4 Å². The van der Waals surface area contributed by atoms with E-state index >= 15 is 0 Å². The summed E-state index contributed by atoms with van der Waals surface area (Å²) >= 11 is 3.48. The topological polar surface area (TPSA) is 47.5 Å². The maximum atomic E-state index is 4.80. The van der Waals surface area contributed by atoms with Crippen LogP contribution in [-0.2, 0) is 13.0 Å². The van der Waals surface area contributed by atoms with Crippen LogP contribution in [-0.4, -0.2) is 33.2 Å². The second kappa shape index (κ2) is 4.58. The van der Waals surface area contributed by atoms with Crippen LogP contribution in [0, 0.1) is 0 Å². The number of fused-ring (bicyclic) bond motifs is 5. The normalized spacial score (nSPS) is 18.1. The van der Waals surface area contributed by atoms with Gasteiger partial charge in [0.15, 0.2) is 11.5 Å². The van der Waals surface area contributed by atoms with Crippen LogP contribution < -0.4 is 4.90 Å². The predicted octanol–water partition coefficient (Wildman–Crippen LogP) is 1.64. The lowest BCUT2D eigenvalue weighted by molar-refractivity contribution is -0.895. The molecular weight excluding hydrogens is 314 g/mol. The highest BCUT2D eigenvalue weighted by atomic mass is 32.1. The fraction of sp³-hybridized carbons (Fsp3) is 0.267. The summed E-state index contributed by atoms with van der Waals surface area (Å²) in [5, 5.41) is 7.87. The maximum absolute atomic E-state index is 4.80. The van der Waals surface area contributed by atoms with E-state index in [9.17, 15) is 0 Å². The molecule has 1 atom stereocenters. The van der Waals surface area contributed by atoms with Crippen LogP contribution in [0.3, 0.4) is 0 Å².